The Morgan fingerprint density at radius 2 is 2.11 bits per heavy atom. The minimum Gasteiger partial charge on any atom is -0.271 e. The van der Waals surface area contributed by atoms with Gasteiger partial charge in [0.2, 0.25) is 0 Å². The van der Waals surface area contributed by atoms with Crippen molar-refractivity contribution in [2.24, 2.45) is 18.8 Å². The molecule has 0 saturated heterocycles. The summed E-state index contributed by atoms with van der Waals surface area (Å²) in [4.78, 5) is 0. The molecule has 1 atom stereocenters. The van der Waals surface area contributed by atoms with Crippen molar-refractivity contribution in [3.05, 3.63) is 16.4 Å². The molecule has 1 saturated carbocycles. The molecule has 1 aromatic heterocycles. The van der Waals surface area contributed by atoms with Crippen molar-refractivity contribution >= 4 is 11.6 Å². The average molecular weight is 285 g/mol. The summed E-state index contributed by atoms with van der Waals surface area (Å²) in [7, 11) is 1.95. The highest BCUT2D eigenvalue weighted by Gasteiger charge is 2.21. The molecule has 0 bridgehead atoms. The van der Waals surface area contributed by atoms with Crippen molar-refractivity contribution in [3.63, 3.8) is 0 Å². The molecule has 1 fully saturated rings. The van der Waals surface area contributed by atoms with Crippen LogP contribution in [0.15, 0.2) is 0 Å². The van der Waals surface area contributed by atoms with Gasteiger partial charge in [0.1, 0.15) is 0 Å². The Balaban J connectivity index is 1.98. The molecular formula is C14H25ClN4. The van der Waals surface area contributed by atoms with Crippen molar-refractivity contribution in [3.8, 4) is 0 Å². The Morgan fingerprint density at radius 3 is 2.63 bits per heavy atom. The predicted molar refractivity (Wildman–Crippen MR) is 79.0 cm³/mol. The van der Waals surface area contributed by atoms with E-state index in [0.717, 1.165) is 35.2 Å². The molecule has 2 rings (SSSR count). The van der Waals surface area contributed by atoms with Gasteiger partial charge >= 0.3 is 0 Å². The number of hydrazine groups is 1. The molecule has 1 unspecified atom stereocenters. The average Bonchev–Trinajstić information content (AvgIpc) is 2.65. The minimum absolute atomic E-state index is 0.287. The number of hydrogen-bond acceptors (Lipinski definition) is 3. The SMILES string of the molecule is Cc1nn(C)c(CC(CC2CCCCC2)NN)c1Cl. The van der Waals surface area contributed by atoms with Crippen LogP contribution < -0.4 is 11.3 Å². The van der Waals surface area contributed by atoms with E-state index in [-0.39, 0.29) is 6.04 Å². The van der Waals surface area contributed by atoms with Crippen molar-refractivity contribution in [2.45, 2.75) is 57.9 Å². The molecule has 0 aliphatic heterocycles. The molecule has 1 aromatic rings. The molecule has 19 heavy (non-hydrogen) atoms. The number of aryl methyl sites for hydroxylation is 2. The lowest BCUT2D eigenvalue weighted by Gasteiger charge is -2.26. The predicted octanol–water partition coefficient (Wildman–Crippen LogP) is 2.73. The van der Waals surface area contributed by atoms with Crippen molar-refractivity contribution in [1.82, 2.24) is 15.2 Å². The van der Waals surface area contributed by atoms with Crippen LogP contribution in [0.4, 0.5) is 0 Å². The first-order valence-electron chi connectivity index (χ1n) is 7.26. The van der Waals surface area contributed by atoms with Gasteiger partial charge in [0, 0.05) is 19.5 Å². The summed E-state index contributed by atoms with van der Waals surface area (Å²) in [6.45, 7) is 1.94. The van der Waals surface area contributed by atoms with Crippen LogP contribution in [0.2, 0.25) is 5.02 Å². The van der Waals surface area contributed by atoms with Gasteiger partial charge in [-0.2, -0.15) is 5.10 Å². The highest BCUT2D eigenvalue weighted by molar-refractivity contribution is 6.31. The second-order valence-electron chi connectivity index (χ2n) is 5.78. The summed E-state index contributed by atoms with van der Waals surface area (Å²) in [5.41, 5.74) is 4.94. The third-order valence-corrected chi connectivity index (χ3v) is 4.77. The van der Waals surface area contributed by atoms with E-state index in [2.05, 4.69) is 10.5 Å². The molecule has 1 heterocycles. The Labute approximate surface area is 120 Å². The number of nitrogens with zero attached hydrogens (tertiary/aromatic N) is 2. The van der Waals surface area contributed by atoms with Gasteiger partial charge in [-0.15, -0.1) is 0 Å². The number of aromatic nitrogens is 2. The van der Waals surface area contributed by atoms with Crippen LogP contribution in [-0.2, 0) is 13.5 Å². The van der Waals surface area contributed by atoms with Crippen LogP contribution in [-0.4, -0.2) is 15.8 Å². The Hall–Kier alpha value is -0.580. The summed E-state index contributed by atoms with van der Waals surface area (Å²) in [6.07, 6.45) is 8.80. The van der Waals surface area contributed by atoms with Crippen LogP contribution in [0.5, 0.6) is 0 Å². The van der Waals surface area contributed by atoms with Crippen LogP contribution in [0.3, 0.4) is 0 Å². The molecule has 3 N–H and O–H groups in total. The molecule has 1 aliphatic carbocycles. The summed E-state index contributed by atoms with van der Waals surface area (Å²) in [6, 6.07) is 0.287. The number of halogens is 1. The number of rotatable bonds is 5. The lowest BCUT2D eigenvalue weighted by atomic mass is 9.84. The fourth-order valence-electron chi connectivity index (χ4n) is 3.17. The largest absolute Gasteiger partial charge is 0.271 e. The molecule has 0 aromatic carbocycles. The van der Waals surface area contributed by atoms with E-state index in [1.54, 1.807) is 0 Å². The van der Waals surface area contributed by atoms with E-state index in [1.807, 2.05) is 18.7 Å². The summed E-state index contributed by atoms with van der Waals surface area (Å²) in [5.74, 6) is 6.53. The van der Waals surface area contributed by atoms with Crippen LogP contribution in [0.25, 0.3) is 0 Å². The molecule has 0 amide bonds. The molecule has 4 nitrogen and oxygen atoms in total. The van der Waals surface area contributed by atoms with E-state index >= 15 is 0 Å². The second-order valence-corrected chi connectivity index (χ2v) is 6.16. The fraction of sp³-hybridized carbons (Fsp3) is 0.786. The van der Waals surface area contributed by atoms with Gasteiger partial charge in [-0.3, -0.25) is 16.0 Å². The Kier molecular flexibility index (Phi) is 5.25. The maximum Gasteiger partial charge on any atom is 0.0847 e. The van der Waals surface area contributed by atoms with E-state index in [4.69, 9.17) is 17.4 Å². The van der Waals surface area contributed by atoms with Gasteiger partial charge in [0.15, 0.2) is 0 Å². The molecule has 1 aliphatic rings. The van der Waals surface area contributed by atoms with Crippen molar-refractivity contribution in [1.29, 1.82) is 0 Å². The maximum atomic E-state index is 6.31. The van der Waals surface area contributed by atoms with E-state index in [1.165, 1.54) is 32.1 Å². The lowest BCUT2D eigenvalue weighted by molar-refractivity contribution is 0.296. The normalized spacial score (nSPS) is 18.7. The molecule has 108 valence electrons. The van der Waals surface area contributed by atoms with E-state index < -0.39 is 0 Å². The summed E-state index contributed by atoms with van der Waals surface area (Å²) >= 11 is 6.31. The molecule has 5 heteroatoms. The fourth-order valence-corrected chi connectivity index (χ4v) is 3.41. The third-order valence-electron chi connectivity index (χ3n) is 4.28. The number of nitrogens with one attached hydrogen (secondary N) is 1. The first-order chi connectivity index (χ1) is 9.11. The van der Waals surface area contributed by atoms with Gasteiger partial charge in [0.05, 0.1) is 16.4 Å². The van der Waals surface area contributed by atoms with E-state index in [0.29, 0.717) is 0 Å². The first-order valence-corrected chi connectivity index (χ1v) is 7.63. The smallest absolute Gasteiger partial charge is 0.0847 e. The number of hydrogen-bond donors (Lipinski definition) is 2. The zero-order valence-electron chi connectivity index (χ0n) is 12.0. The summed E-state index contributed by atoms with van der Waals surface area (Å²) in [5, 5.41) is 5.14. The minimum atomic E-state index is 0.287. The Bertz CT molecular complexity index is 410. The molecular weight excluding hydrogens is 260 g/mol. The van der Waals surface area contributed by atoms with Gasteiger partial charge in [-0.05, 0) is 19.3 Å². The molecule has 0 spiro atoms. The lowest BCUT2D eigenvalue weighted by Crippen LogP contribution is -2.39. The van der Waals surface area contributed by atoms with E-state index in [9.17, 15) is 0 Å². The quantitative estimate of drug-likeness (QED) is 0.646. The third kappa shape index (κ3) is 3.71. The van der Waals surface area contributed by atoms with Crippen LogP contribution >= 0.6 is 11.6 Å². The number of nitrogens with two attached hydrogens (primary N) is 1. The topological polar surface area (TPSA) is 55.9 Å². The van der Waals surface area contributed by atoms with Crippen LogP contribution in [0.1, 0.15) is 49.9 Å². The molecule has 0 radical (unpaired) electrons. The zero-order valence-corrected chi connectivity index (χ0v) is 12.7. The highest BCUT2D eigenvalue weighted by atomic mass is 35.5. The maximum absolute atomic E-state index is 6.31. The van der Waals surface area contributed by atoms with Crippen molar-refractivity contribution < 1.29 is 0 Å². The van der Waals surface area contributed by atoms with Gasteiger partial charge in [0.25, 0.3) is 0 Å². The van der Waals surface area contributed by atoms with Crippen molar-refractivity contribution in [2.75, 3.05) is 0 Å². The first kappa shape index (κ1) is 14.8. The van der Waals surface area contributed by atoms with Gasteiger partial charge in [-0.25, -0.2) is 0 Å². The monoisotopic (exact) mass is 284 g/mol. The Morgan fingerprint density at radius 1 is 1.42 bits per heavy atom. The van der Waals surface area contributed by atoms with Crippen LogP contribution in [0, 0.1) is 12.8 Å². The second kappa shape index (κ2) is 6.73. The zero-order chi connectivity index (χ0) is 13.8. The highest BCUT2D eigenvalue weighted by Crippen LogP contribution is 2.29. The van der Waals surface area contributed by atoms with Gasteiger partial charge in [-0.1, -0.05) is 43.7 Å². The standard InChI is InChI=1S/C14H25ClN4/c1-10-14(15)13(19(2)18-10)9-12(17-16)8-11-6-4-3-5-7-11/h11-12,17H,3-9,16H2,1-2H3. The summed E-state index contributed by atoms with van der Waals surface area (Å²) < 4.78 is 1.88. The van der Waals surface area contributed by atoms with Gasteiger partial charge < -0.3 is 0 Å².